The fourth-order valence-electron chi connectivity index (χ4n) is 5.26. The molecule has 16 atom stereocenters. The molecule has 3 aliphatic rings. The SMILES string of the molecule is NCC[C@@H](O)C(=O)NC1C[C@H](N)[C@@H](O[C@H]2O[C@H](CN)[C@@H](O)[C@H](O)[C@H]2O)[C@H](O)[C@H]1OC1O[C@H](CN=C(N)N)[C@@H](O)[C@H](N)[C@H]1O. The van der Waals surface area contributed by atoms with Gasteiger partial charge < -0.3 is 94.4 Å². The fraction of sp³-hybridized carbons (Fsp3) is 0.913. The number of nitrogens with one attached hydrogen (secondary N) is 1. The molecular formula is C23H46N8O12. The molecule has 2 unspecified atom stereocenters. The van der Waals surface area contributed by atoms with Crippen LogP contribution in [0.1, 0.15) is 12.8 Å². The maximum absolute atomic E-state index is 12.7. The minimum atomic E-state index is -1.76. The molecule has 0 spiro atoms. The van der Waals surface area contributed by atoms with Crippen molar-refractivity contribution < 1.29 is 59.5 Å². The van der Waals surface area contributed by atoms with Gasteiger partial charge in [0.15, 0.2) is 18.5 Å². The molecule has 2 heterocycles. The molecule has 3 rings (SSSR count). The molecule has 3 fully saturated rings. The van der Waals surface area contributed by atoms with Gasteiger partial charge in [-0.25, -0.2) is 0 Å². The van der Waals surface area contributed by atoms with Gasteiger partial charge in [-0.1, -0.05) is 0 Å². The lowest BCUT2D eigenvalue weighted by atomic mass is 9.83. The number of rotatable bonds is 11. The van der Waals surface area contributed by atoms with Gasteiger partial charge in [-0.3, -0.25) is 9.79 Å². The van der Waals surface area contributed by atoms with Crippen LogP contribution in [0.4, 0.5) is 0 Å². The molecule has 0 aromatic heterocycles. The molecule has 43 heavy (non-hydrogen) atoms. The summed E-state index contributed by atoms with van der Waals surface area (Å²) in [4.78, 5) is 16.5. The van der Waals surface area contributed by atoms with Crippen molar-refractivity contribution in [1.29, 1.82) is 0 Å². The van der Waals surface area contributed by atoms with Crippen LogP contribution in [0.5, 0.6) is 0 Å². The van der Waals surface area contributed by atoms with Gasteiger partial charge in [0.2, 0.25) is 5.91 Å². The largest absolute Gasteiger partial charge is 0.389 e. The number of carbonyl (C=O) groups is 1. The number of aliphatic imine (C=N–C) groups is 1. The number of amides is 1. The van der Waals surface area contributed by atoms with Crippen molar-refractivity contribution in [2.45, 2.75) is 111 Å². The van der Waals surface area contributed by atoms with Gasteiger partial charge in [0.25, 0.3) is 0 Å². The first-order valence-corrected chi connectivity index (χ1v) is 13.9. The Morgan fingerprint density at radius 2 is 1.47 bits per heavy atom. The number of hydrogen-bond donors (Lipinski definition) is 14. The zero-order chi connectivity index (χ0) is 32.2. The minimum Gasteiger partial charge on any atom is -0.389 e. The van der Waals surface area contributed by atoms with Crippen molar-refractivity contribution in [2.24, 2.45) is 39.4 Å². The number of aliphatic hydroxyl groups is 7. The van der Waals surface area contributed by atoms with Crippen LogP contribution in [0.25, 0.3) is 0 Å². The number of guanidine groups is 1. The summed E-state index contributed by atoms with van der Waals surface area (Å²) in [5, 5.41) is 76.2. The van der Waals surface area contributed by atoms with Crippen LogP contribution in [0.3, 0.4) is 0 Å². The number of carbonyl (C=O) groups excluding carboxylic acids is 1. The zero-order valence-corrected chi connectivity index (χ0v) is 23.4. The maximum Gasteiger partial charge on any atom is 0.249 e. The third-order valence-electron chi connectivity index (χ3n) is 7.78. The van der Waals surface area contributed by atoms with Crippen LogP contribution >= 0.6 is 0 Å². The van der Waals surface area contributed by atoms with Gasteiger partial charge in [0.1, 0.15) is 61.0 Å². The Balaban J connectivity index is 1.87. The Bertz CT molecular complexity index is 935. The van der Waals surface area contributed by atoms with Crippen molar-refractivity contribution in [3.8, 4) is 0 Å². The van der Waals surface area contributed by atoms with Gasteiger partial charge in [-0.05, 0) is 19.4 Å². The van der Waals surface area contributed by atoms with Crippen molar-refractivity contribution in [2.75, 3.05) is 19.6 Å². The molecule has 0 aromatic rings. The van der Waals surface area contributed by atoms with E-state index in [-0.39, 0.29) is 38.4 Å². The van der Waals surface area contributed by atoms with Crippen LogP contribution in [0.2, 0.25) is 0 Å². The van der Waals surface area contributed by atoms with Crippen LogP contribution in [0.15, 0.2) is 4.99 Å². The summed E-state index contributed by atoms with van der Waals surface area (Å²) < 4.78 is 22.9. The summed E-state index contributed by atoms with van der Waals surface area (Å²) in [7, 11) is 0. The van der Waals surface area contributed by atoms with E-state index in [1.807, 2.05) is 0 Å². The second-order valence-electron chi connectivity index (χ2n) is 10.9. The zero-order valence-electron chi connectivity index (χ0n) is 23.4. The van der Waals surface area contributed by atoms with E-state index < -0.39 is 104 Å². The maximum atomic E-state index is 12.7. The predicted molar refractivity (Wildman–Crippen MR) is 145 cm³/mol. The summed E-state index contributed by atoms with van der Waals surface area (Å²) in [6.45, 7) is -0.490. The smallest absolute Gasteiger partial charge is 0.249 e. The first-order chi connectivity index (χ1) is 20.2. The summed E-state index contributed by atoms with van der Waals surface area (Å²) in [6.07, 6.45) is -19.8. The van der Waals surface area contributed by atoms with Crippen LogP contribution in [0, 0.1) is 0 Å². The molecule has 2 saturated heterocycles. The Morgan fingerprint density at radius 3 is 2.07 bits per heavy atom. The van der Waals surface area contributed by atoms with Gasteiger partial charge >= 0.3 is 0 Å². The number of nitrogens with zero attached hydrogens (tertiary/aromatic N) is 1. The van der Waals surface area contributed by atoms with Gasteiger partial charge in [-0.2, -0.15) is 0 Å². The average Bonchev–Trinajstić information content (AvgIpc) is 2.96. The highest BCUT2D eigenvalue weighted by Gasteiger charge is 2.52. The van der Waals surface area contributed by atoms with Crippen molar-refractivity contribution in [1.82, 2.24) is 5.32 Å². The normalized spacial score (nSPS) is 44.4. The van der Waals surface area contributed by atoms with E-state index in [0.717, 1.165) is 0 Å². The molecule has 2 aliphatic heterocycles. The van der Waals surface area contributed by atoms with Gasteiger partial charge in [0, 0.05) is 12.6 Å². The van der Waals surface area contributed by atoms with E-state index in [4.69, 9.17) is 53.3 Å². The Hall–Kier alpha value is -1.86. The minimum absolute atomic E-state index is 0.00476. The second-order valence-corrected chi connectivity index (χ2v) is 10.9. The number of nitrogens with two attached hydrogens (primary N) is 6. The third kappa shape index (κ3) is 8.25. The molecule has 20 heteroatoms. The molecule has 1 aliphatic carbocycles. The van der Waals surface area contributed by atoms with Crippen molar-refractivity contribution >= 4 is 11.9 Å². The lowest BCUT2D eigenvalue weighted by Gasteiger charge is -2.49. The lowest BCUT2D eigenvalue weighted by Crippen LogP contribution is -2.69. The van der Waals surface area contributed by atoms with Crippen LogP contribution < -0.4 is 39.7 Å². The summed E-state index contributed by atoms with van der Waals surface area (Å²) in [6, 6.07) is -3.47. The second kappa shape index (κ2) is 15.4. The number of ether oxygens (including phenoxy) is 4. The van der Waals surface area contributed by atoms with Crippen LogP contribution in [-0.4, -0.2) is 165 Å². The standard InChI is InChI=1S/C23H46N8O12/c24-2-1-8(32)20(39)31-7-3-6(26)18(42-22-16(37)15(36)13(34)9(4-25)40-22)17(38)19(7)43-21-14(35)11(27)12(33)10(41-21)5-30-23(28)29/h6-19,21-22,32-38H,1-5,24-27H2,(H,31,39)(H4,28,29,30)/t6-,7?,8+,9+,10+,11-,12+,13+,14+,15-,16+,17-,18+,19-,21?,22+/m0/s1. The van der Waals surface area contributed by atoms with E-state index in [2.05, 4.69) is 10.3 Å². The van der Waals surface area contributed by atoms with Crippen molar-refractivity contribution in [3.63, 3.8) is 0 Å². The number of aliphatic hydroxyl groups excluding tert-OH is 7. The molecule has 20 N–H and O–H groups in total. The van der Waals surface area contributed by atoms with E-state index >= 15 is 0 Å². The highest BCUT2D eigenvalue weighted by atomic mass is 16.7. The highest BCUT2D eigenvalue weighted by molar-refractivity contribution is 5.80. The average molecular weight is 627 g/mol. The monoisotopic (exact) mass is 626 g/mol. The van der Waals surface area contributed by atoms with Crippen molar-refractivity contribution in [3.05, 3.63) is 0 Å². The first kappa shape index (κ1) is 35.6. The molecule has 0 radical (unpaired) electrons. The molecular weight excluding hydrogens is 580 g/mol. The Morgan fingerprint density at radius 1 is 0.860 bits per heavy atom. The van der Waals surface area contributed by atoms with Gasteiger partial charge in [-0.15, -0.1) is 0 Å². The quantitative estimate of drug-likeness (QED) is 0.0747. The summed E-state index contributed by atoms with van der Waals surface area (Å²) in [5.41, 5.74) is 34.0. The Kier molecular flexibility index (Phi) is 12.8. The molecule has 250 valence electrons. The predicted octanol–water partition coefficient (Wildman–Crippen LogP) is -9.14. The summed E-state index contributed by atoms with van der Waals surface area (Å²) >= 11 is 0. The van der Waals surface area contributed by atoms with E-state index in [1.54, 1.807) is 0 Å². The summed E-state index contributed by atoms with van der Waals surface area (Å²) in [5.74, 6) is -1.15. The first-order valence-electron chi connectivity index (χ1n) is 13.9. The molecule has 1 amide bonds. The van der Waals surface area contributed by atoms with E-state index in [1.165, 1.54) is 0 Å². The molecule has 20 nitrogen and oxygen atoms in total. The lowest BCUT2D eigenvalue weighted by molar-refractivity contribution is -0.331. The molecule has 0 bridgehead atoms. The van der Waals surface area contributed by atoms with E-state index in [9.17, 15) is 40.5 Å². The number of hydrogen-bond acceptors (Lipinski definition) is 17. The Labute approximate surface area is 246 Å². The van der Waals surface area contributed by atoms with E-state index in [0.29, 0.717) is 0 Å². The fourth-order valence-corrected chi connectivity index (χ4v) is 5.26. The molecule has 0 aromatic carbocycles. The third-order valence-corrected chi connectivity index (χ3v) is 7.78. The van der Waals surface area contributed by atoms with Crippen LogP contribution in [-0.2, 0) is 23.7 Å². The highest BCUT2D eigenvalue weighted by Crippen LogP contribution is 2.32. The molecule has 1 saturated carbocycles. The van der Waals surface area contributed by atoms with Gasteiger partial charge in [0.05, 0.1) is 24.7 Å². The topological polar surface area (TPSA) is 376 Å².